The minimum atomic E-state index is -3.82. The van der Waals surface area contributed by atoms with Gasteiger partial charge < -0.3 is 4.74 Å². The third kappa shape index (κ3) is 3.44. The van der Waals surface area contributed by atoms with Crippen molar-refractivity contribution in [3.8, 4) is 0 Å². The van der Waals surface area contributed by atoms with Gasteiger partial charge in [0.2, 0.25) is 10.0 Å². The summed E-state index contributed by atoms with van der Waals surface area (Å²) in [6.07, 6.45) is 2.08. The fourth-order valence-corrected chi connectivity index (χ4v) is 4.71. The van der Waals surface area contributed by atoms with E-state index >= 15 is 0 Å². The Balaban J connectivity index is 1.68. The molecule has 0 amide bonds. The van der Waals surface area contributed by atoms with Crippen molar-refractivity contribution < 1.29 is 18.1 Å². The second-order valence-electron chi connectivity index (χ2n) is 6.26. The Hall–Kier alpha value is -1.55. The molecule has 3 rings (SSSR count). The minimum Gasteiger partial charge on any atom is -0.374 e. The van der Waals surface area contributed by atoms with Gasteiger partial charge >= 0.3 is 0 Å². The van der Waals surface area contributed by atoms with Crippen molar-refractivity contribution in [1.82, 2.24) is 9.62 Å². The lowest BCUT2D eigenvalue weighted by atomic mass is 10.2. The molecule has 2 saturated heterocycles. The van der Waals surface area contributed by atoms with Crippen LogP contribution in [0.25, 0.3) is 0 Å². The van der Waals surface area contributed by atoms with Crippen LogP contribution in [0.3, 0.4) is 0 Å². The van der Waals surface area contributed by atoms with Gasteiger partial charge in [-0.1, -0.05) is 6.07 Å². The Kier molecular flexibility index (Phi) is 4.86. The van der Waals surface area contributed by atoms with Crippen molar-refractivity contribution in [3.63, 3.8) is 0 Å². The Morgan fingerprint density at radius 2 is 2.25 bits per heavy atom. The molecule has 2 aliphatic rings. The van der Waals surface area contributed by atoms with Crippen LogP contribution in [0, 0.1) is 17.0 Å². The zero-order chi connectivity index (χ0) is 17.3. The molecule has 2 atom stereocenters. The summed E-state index contributed by atoms with van der Waals surface area (Å²) in [7, 11) is -3.82. The van der Waals surface area contributed by atoms with E-state index in [4.69, 9.17) is 4.74 Å². The first kappa shape index (κ1) is 17.3. The maximum atomic E-state index is 12.5. The molecule has 1 aromatic rings. The predicted molar refractivity (Wildman–Crippen MR) is 87.4 cm³/mol. The second kappa shape index (κ2) is 6.75. The van der Waals surface area contributed by atoms with E-state index in [2.05, 4.69) is 9.62 Å². The predicted octanol–water partition coefficient (Wildman–Crippen LogP) is 1.04. The van der Waals surface area contributed by atoms with Gasteiger partial charge in [-0.25, -0.2) is 13.1 Å². The van der Waals surface area contributed by atoms with E-state index in [1.165, 1.54) is 25.1 Å². The molecule has 2 heterocycles. The third-order valence-corrected chi connectivity index (χ3v) is 6.27. The Morgan fingerprint density at radius 1 is 1.46 bits per heavy atom. The van der Waals surface area contributed by atoms with Gasteiger partial charge in [-0.05, 0) is 32.4 Å². The number of nitrogens with zero attached hydrogens (tertiary/aromatic N) is 2. The Morgan fingerprint density at radius 3 is 3.00 bits per heavy atom. The van der Waals surface area contributed by atoms with Gasteiger partial charge in [0.1, 0.15) is 0 Å². The molecule has 0 radical (unpaired) electrons. The van der Waals surface area contributed by atoms with Crippen LogP contribution in [0.4, 0.5) is 5.69 Å². The van der Waals surface area contributed by atoms with Crippen LogP contribution >= 0.6 is 0 Å². The molecule has 0 saturated carbocycles. The molecule has 9 heteroatoms. The van der Waals surface area contributed by atoms with Crippen molar-refractivity contribution in [1.29, 1.82) is 0 Å². The van der Waals surface area contributed by atoms with Gasteiger partial charge in [0.25, 0.3) is 5.69 Å². The maximum absolute atomic E-state index is 12.5. The molecule has 0 unspecified atom stereocenters. The summed E-state index contributed by atoms with van der Waals surface area (Å²) in [5.41, 5.74) is -0.0640. The van der Waals surface area contributed by atoms with Gasteiger partial charge in [-0.2, -0.15) is 0 Å². The minimum absolute atomic E-state index is 0.0634. The van der Waals surface area contributed by atoms with E-state index in [0.29, 0.717) is 19.2 Å². The highest BCUT2D eigenvalue weighted by Gasteiger charge is 2.33. The van der Waals surface area contributed by atoms with Crippen LogP contribution in [0.2, 0.25) is 0 Å². The van der Waals surface area contributed by atoms with Gasteiger partial charge in [-0.3, -0.25) is 15.0 Å². The maximum Gasteiger partial charge on any atom is 0.273 e. The van der Waals surface area contributed by atoms with E-state index in [-0.39, 0.29) is 28.8 Å². The molecule has 0 bridgehead atoms. The highest BCUT2D eigenvalue weighted by Crippen LogP contribution is 2.25. The van der Waals surface area contributed by atoms with Crippen LogP contribution in [0.15, 0.2) is 23.1 Å². The Bertz CT molecular complexity index is 737. The molecular formula is C15H21N3O5S. The number of morpholine rings is 1. The zero-order valence-corrected chi connectivity index (χ0v) is 14.3. The first-order valence-corrected chi connectivity index (χ1v) is 9.46. The number of rotatable bonds is 5. The standard InChI is InChI=1S/C15H21N3O5S/c1-11-14(18(19)20)5-2-6-15(11)24(21,22)16-8-13-9-17-7-3-4-12(17)10-23-13/h2,5-6,12-13,16H,3-4,7-10H2,1H3/t12-,13-/m0/s1. The zero-order valence-electron chi connectivity index (χ0n) is 13.5. The summed E-state index contributed by atoms with van der Waals surface area (Å²) < 4.78 is 33.3. The lowest BCUT2D eigenvalue weighted by Gasteiger charge is -2.35. The number of nitrogens with one attached hydrogen (secondary N) is 1. The molecular weight excluding hydrogens is 334 g/mol. The monoisotopic (exact) mass is 355 g/mol. The van der Waals surface area contributed by atoms with Gasteiger partial charge in [-0.15, -0.1) is 0 Å². The van der Waals surface area contributed by atoms with Crippen molar-refractivity contribution >= 4 is 15.7 Å². The molecule has 0 aromatic heterocycles. The van der Waals surface area contributed by atoms with Crippen LogP contribution in [0.1, 0.15) is 18.4 Å². The molecule has 0 aliphatic carbocycles. The lowest BCUT2D eigenvalue weighted by molar-refractivity contribution is -0.385. The smallest absolute Gasteiger partial charge is 0.273 e. The van der Waals surface area contributed by atoms with E-state index in [9.17, 15) is 18.5 Å². The van der Waals surface area contributed by atoms with Gasteiger partial charge in [0, 0.05) is 30.8 Å². The van der Waals surface area contributed by atoms with Gasteiger partial charge in [0.05, 0.1) is 22.5 Å². The van der Waals surface area contributed by atoms with E-state index < -0.39 is 14.9 Å². The molecule has 0 spiro atoms. The average molecular weight is 355 g/mol. The number of nitro benzene ring substituents is 1. The Labute approximate surface area is 141 Å². The normalized spacial score (nSPS) is 24.7. The molecule has 8 nitrogen and oxygen atoms in total. The summed E-state index contributed by atoms with van der Waals surface area (Å²) in [5.74, 6) is 0. The van der Waals surface area contributed by atoms with Crippen molar-refractivity contribution in [2.24, 2.45) is 0 Å². The molecule has 1 aromatic carbocycles. The van der Waals surface area contributed by atoms with E-state index in [1.54, 1.807) is 0 Å². The third-order valence-electron chi connectivity index (χ3n) is 4.70. The number of nitro groups is 1. The van der Waals surface area contributed by atoms with Crippen LogP contribution in [0.5, 0.6) is 0 Å². The molecule has 1 N–H and O–H groups in total. The second-order valence-corrected chi connectivity index (χ2v) is 7.99. The molecule has 2 fully saturated rings. The number of sulfonamides is 1. The lowest BCUT2D eigenvalue weighted by Crippen LogP contribution is -2.50. The highest BCUT2D eigenvalue weighted by atomic mass is 32.2. The average Bonchev–Trinajstić information content (AvgIpc) is 3.00. The number of benzene rings is 1. The first-order valence-electron chi connectivity index (χ1n) is 7.98. The van der Waals surface area contributed by atoms with Crippen molar-refractivity contribution in [2.75, 3.05) is 26.2 Å². The highest BCUT2D eigenvalue weighted by molar-refractivity contribution is 7.89. The summed E-state index contributed by atoms with van der Waals surface area (Å²) in [6, 6.07) is 4.51. The largest absolute Gasteiger partial charge is 0.374 e. The first-order chi connectivity index (χ1) is 11.4. The summed E-state index contributed by atoms with van der Waals surface area (Å²) in [5, 5.41) is 11.0. The number of hydrogen-bond donors (Lipinski definition) is 1. The van der Waals surface area contributed by atoms with E-state index in [0.717, 1.165) is 19.4 Å². The van der Waals surface area contributed by atoms with Gasteiger partial charge in [0.15, 0.2) is 0 Å². The number of fused-ring (bicyclic) bond motifs is 1. The van der Waals surface area contributed by atoms with Crippen LogP contribution in [-0.4, -0.2) is 56.6 Å². The van der Waals surface area contributed by atoms with Crippen LogP contribution in [-0.2, 0) is 14.8 Å². The molecule has 2 aliphatic heterocycles. The van der Waals surface area contributed by atoms with Crippen molar-refractivity contribution in [2.45, 2.75) is 36.8 Å². The van der Waals surface area contributed by atoms with Crippen molar-refractivity contribution in [3.05, 3.63) is 33.9 Å². The number of hydrogen-bond acceptors (Lipinski definition) is 6. The van der Waals surface area contributed by atoms with Crippen LogP contribution < -0.4 is 4.72 Å². The summed E-state index contributed by atoms with van der Waals surface area (Å²) in [6.45, 7) is 3.97. The molecule has 24 heavy (non-hydrogen) atoms. The quantitative estimate of drug-likeness (QED) is 0.626. The summed E-state index contributed by atoms with van der Waals surface area (Å²) >= 11 is 0. The fraction of sp³-hybridized carbons (Fsp3) is 0.600. The molecule has 132 valence electrons. The number of ether oxygens (including phenoxy) is 1. The topological polar surface area (TPSA) is 102 Å². The van der Waals surface area contributed by atoms with E-state index in [1.807, 2.05) is 0 Å². The SMILES string of the molecule is Cc1c([N+](=O)[O-])cccc1S(=O)(=O)NC[C@H]1CN2CCC[C@H]2CO1. The summed E-state index contributed by atoms with van der Waals surface area (Å²) in [4.78, 5) is 12.7. The fourth-order valence-electron chi connectivity index (χ4n) is 3.38.